The molecule has 2 aliphatic rings. The smallest absolute Gasteiger partial charge is 0.276 e. The van der Waals surface area contributed by atoms with Crippen LogP contribution in [-0.4, -0.2) is 29.3 Å². The fourth-order valence-corrected chi connectivity index (χ4v) is 5.27. The molecule has 0 saturated heterocycles. The summed E-state index contributed by atoms with van der Waals surface area (Å²) in [5.41, 5.74) is 1.57. The number of para-hydroxylation sites is 1. The maximum Gasteiger partial charge on any atom is 0.276 e. The summed E-state index contributed by atoms with van der Waals surface area (Å²) in [5.74, 6) is 0.618. The lowest BCUT2D eigenvalue weighted by molar-refractivity contribution is -0.116. The summed E-state index contributed by atoms with van der Waals surface area (Å²) >= 11 is 7.84. The molecule has 10 heteroatoms. The Morgan fingerprint density at radius 3 is 2.62 bits per heavy atom. The minimum atomic E-state index is -0.688. The largest absolute Gasteiger partial charge is 0.490 e. The van der Waals surface area contributed by atoms with Crippen molar-refractivity contribution in [1.29, 1.82) is 0 Å². The van der Waals surface area contributed by atoms with Gasteiger partial charge in [-0.3, -0.25) is 15.1 Å². The molecule has 1 unspecified atom stereocenters. The fraction of sp³-hybridized carbons (Fsp3) is 0.222. The molecule has 0 aliphatic carbocycles. The van der Waals surface area contributed by atoms with Crippen molar-refractivity contribution in [3.05, 3.63) is 93.2 Å². The molecule has 2 heterocycles. The van der Waals surface area contributed by atoms with E-state index in [4.69, 9.17) is 31.2 Å². The standard InChI is InChI=1S/C27H24ClFN4O3S/c1-3-35-22-14-17(13-19(28)24(22)36-4-2)25-30-21-12-8-6-10-18(21)23-26(34)31-27(32-33(23)25)37-15-16-9-5-7-11-20(16)29/h5-14,25H,3-4,15H2,1-2H3,(H,31,32,34). The van der Waals surface area contributed by atoms with Crippen LogP contribution in [0.3, 0.4) is 0 Å². The molecule has 37 heavy (non-hydrogen) atoms. The van der Waals surface area contributed by atoms with Gasteiger partial charge >= 0.3 is 0 Å². The summed E-state index contributed by atoms with van der Waals surface area (Å²) in [5, 5.41) is 11.2. The molecular formula is C27H24ClFN4O3S. The van der Waals surface area contributed by atoms with E-state index < -0.39 is 6.17 Å². The number of ether oxygens (including phenoxy) is 2. The molecule has 0 saturated carbocycles. The minimum Gasteiger partial charge on any atom is -0.490 e. The molecule has 5 rings (SSSR count). The Bertz CT molecular complexity index is 1510. The van der Waals surface area contributed by atoms with Gasteiger partial charge in [0.05, 0.1) is 23.6 Å². The van der Waals surface area contributed by atoms with Gasteiger partial charge in [-0.25, -0.2) is 9.40 Å². The van der Waals surface area contributed by atoms with Crippen LogP contribution in [0.15, 0.2) is 70.8 Å². The number of carbonyl (C=O) groups is 1. The molecule has 3 aromatic carbocycles. The Morgan fingerprint density at radius 2 is 1.84 bits per heavy atom. The third-order valence-corrected chi connectivity index (χ3v) is 6.95. The summed E-state index contributed by atoms with van der Waals surface area (Å²) in [6.45, 7) is 4.60. The van der Waals surface area contributed by atoms with Crippen molar-refractivity contribution in [2.24, 2.45) is 10.1 Å². The molecule has 0 bridgehead atoms. The molecule has 1 atom stereocenters. The number of rotatable bonds is 7. The summed E-state index contributed by atoms with van der Waals surface area (Å²) in [6, 6.07) is 17.5. The van der Waals surface area contributed by atoms with E-state index in [1.807, 2.05) is 44.2 Å². The number of hydrogen-bond acceptors (Lipinski definition) is 7. The molecule has 0 aromatic heterocycles. The highest BCUT2D eigenvalue weighted by Crippen LogP contribution is 2.41. The van der Waals surface area contributed by atoms with Crippen LogP contribution in [-0.2, 0) is 10.5 Å². The van der Waals surface area contributed by atoms with E-state index in [1.165, 1.54) is 17.8 Å². The van der Waals surface area contributed by atoms with Gasteiger partial charge in [-0.2, -0.15) is 0 Å². The first-order valence-electron chi connectivity index (χ1n) is 11.8. The second-order valence-electron chi connectivity index (χ2n) is 8.15. The van der Waals surface area contributed by atoms with Gasteiger partial charge in [0.25, 0.3) is 5.91 Å². The number of nitrogens with zero attached hydrogens (tertiary/aromatic N) is 3. The van der Waals surface area contributed by atoms with Gasteiger partial charge < -0.3 is 9.47 Å². The number of fused-ring (bicyclic) bond motifs is 2. The third-order valence-electron chi connectivity index (χ3n) is 5.76. The molecule has 1 N–H and O–H groups in total. The highest BCUT2D eigenvalue weighted by Gasteiger charge is 2.35. The predicted molar refractivity (Wildman–Crippen MR) is 142 cm³/mol. The van der Waals surface area contributed by atoms with Gasteiger partial charge in [-0.05, 0) is 43.7 Å². The van der Waals surface area contributed by atoms with Crippen molar-refractivity contribution in [2.75, 3.05) is 13.2 Å². The number of nitrogens with one attached hydrogen (secondary N) is 1. The second kappa shape index (κ2) is 10.8. The molecule has 0 spiro atoms. The topological polar surface area (TPSA) is 75.5 Å². The van der Waals surface area contributed by atoms with Gasteiger partial charge in [0.2, 0.25) is 0 Å². The number of hydrogen-bond donors (Lipinski definition) is 1. The lowest BCUT2D eigenvalue weighted by atomic mass is 10.1. The molecule has 190 valence electrons. The molecule has 3 aromatic rings. The van der Waals surface area contributed by atoms with Crippen LogP contribution in [0.1, 0.15) is 31.1 Å². The predicted octanol–water partition coefficient (Wildman–Crippen LogP) is 4.35. The van der Waals surface area contributed by atoms with E-state index in [0.717, 1.165) is 0 Å². The van der Waals surface area contributed by atoms with Crippen LogP contribution in [0.2, 0.25) is 5.02 Å². The van der Waals surface area contributed by atoms with E-state index in [9.17, 15) is 9.18 Å². The fourth-order valence-electron chi connectivity index (χ4n) is 4.16. The monoisotopic (exact) mass is 538 g/mol. The summed E-state index contributed by atoms with van der Waals surface area (Å²) < 4.78 is 25.7. The van der Waals surface area contributed by atoms with Crippen molar-refractivity contribution < 1.29 is 18.7 Å². The van der Waals surface area contributed by atoms with Gasteiger partial charge in [0, 0.05) is 16.5 Å². The SMILES string of the molecule is CCOc1cc(C2N=c3ccccc3=C3C(=O)NC(SCc4ccccc4F)=NN32)cc(Cl)c1OCC. The van der Waals surface area contributed by atoms with Crippen LogP contribution >= 0.6 is 23.4 Å². The van der Waals surface area contributed by atoms with Gasteiger partial charge in [0.1, 0.15) is 11.5 Å². The number of halogens is 2. The van der Waals surface area contributed by atoms with Crippen molar-refractivity contribution in [1.82, 2.24) is 10.3 Å². The number of amidine groups is 1. The molecule has 0 fully saturated rings. The Morgan fingerprint density at radius 1 is 1.08 bits per heavy atom. The molecule has 0 radical (unpaired) electrons. The first-order valence-corrected chi connectivity index (χ1v) is 13.2. The number of amides is 1. The zero-order valence-electron chi connectivity index (χ0n) is 20.2. The Kier molecular flexibility index (Phi) is 7.34. The summed E-state index contributed by atoms with van der Waals surface area (Å²) in [6.07, 6.45) is -0.688. The van der Waals surface area contributed by atoms with E-state index in [1.54, 1.807) is 29.3 Å². The van der Waals surface area contributed by atoms with Crippen LogP contribution < -0.4 is 25.4 Å². The maximum atomic E-state index is 14.2. The maximum absolute atomic E-state index is 14.2. The normalized spacial score (nSPS) is 16.3. The lowest BCUT2D eigenvalue weighted by Crippen LogP contribution is -2.50. The van der Waals surface area contributed by atoms with E-state index >= 15 is 0 Å². The first kappa shape index (κ1) is 25.1. The molecular weight excluding hydrogens is 515 g/mol. The van der Waals surface area contributed by atoms with Crippen molar-refractivity contribution in [2.45, 2.75) is 25.8 Å². The van der Waals surface area contributed by atoms with Crippen LogP contribution in [0, 0.1) is 5.82 Å². The van der Waals surface area contributed by atoms with E-state index in [0.29, 0.717) is 68.1 Å². The summed E-state index contributed by atoms with van der Waals surface area (Å²) in [4.78, 5) is 18.3. The number of thioether (sulfide) groups is 1. The van der Waals surface area contributed by atoms with Gasteiger partial charge in [-0.1, -0.05) is 59.8 Å². The van der Waals surface area contributed by atoms with Crippen LogP contribution in [0.4, 0.5) is 4.39 Å². The Labute approximate surface area is 222 Å². The van der Waals surface area contributed by atoms with Crippen LogP contribution in [0.5, 0.6) is 11.5 Å². The first-order chi connectivity index (χ1) is 18.0. The zero-order valence-corrected chi connectivity index (χ0v) is 21.8. The quantitative estimate of drug-likeness (QED) is 0.484. The second-order valence-corrected chi connectivity index (χ2v) is 9.52. The Hall–Kier alpha value is -3.56. The third kappa shape index (κ3) is 5.01. The zero-order chi connectivity index (χ0) is 25.9. The Balaban J connectivity index is 1.59. The summed E-state index contributed by atoms with van der Waals surface area (Å²) in [7, 11) is 0. The molecule has 7 nitrogen and oxygen atoms in total. The van der Waals surface area contributed by atoms with E-state index in [2.05, 4.69) is 5.32 Å². The lowest BCUT2D eigenvalue weighted by Gasteiger charge is -2.34. The number of hydrazone groups is 1. The molecule has 1 amide bonds. The number of benzene rings is 3. The molecule has 2 aliphatic heterocycles. The van der Waals surface area contributed by atoms with Crippen molar-refractivity contribution in [3.63, 3.8) is 0 Å². The average Bonchev–Trinajstić information content (AvgIpc) is 2.89. The van der Waals surface area contributed by atoms with Crippen molar-refractivity contribution in [3.8, 4) is 11.5 Å². The van der Waals surface area contributed by atoms with Crippen LogP contribution in [0.25, 0.3) is 5.70 Å². The van der Waals surface area contributed by atoms with Crippen molar-refractivity contribution >= 4 is 40.1 Å². The number of carbonyl (C=O) groups excluding carboxylic acids is 1. The van der Waals surface area contributed by atoms with Gasteiger partial charge in [-0.15, -0.1) is 5.10 Å². The highest BCUT2D eigenvalue weighted by atomic mass is 35.5. The minimum absolute atomic E-state index is 0.302. The average molecular weight is 539 g/mol. The van der Waals surface area contributed by atoms with Gasteiger partial charge in [0.15, 0.2) is 22.8 Å². The highest BCUT2D eigenvalue weighted by molar-refractivity contribution is 8.13. The van der Waals surface area contributed by atoms with E-state index in [-0.39, 0.29) is 11.7 Å².